The van der Waals surface area contributed by atoms with Gasteiger partial charge in [-0.2, -0.15) is 4.98 Å². The van der Waals surface area contributed by atoms with Crippen LogP contribution in [0.4, 0.5) is 11.1 Å². The highest BCUT2D eigenvalue weighted by molar-refractivity contribution is 7.13. The fraction of sp³-hybridized carbons (Fsp3) is 0.286. The molecule has 0 bridgehead atoms. The van der Waals surface area contributed by atoms with Gasteiger partial charge in [0.1, 0.15) is 5.52 Å². The van der Waals surface area contributed by atoms with Crippen LogP contribution in [0, 0.1) is 0 Å². The van der Waals surface area contributed by atoms with Crippen LogP contribution in [0.25, 0.3) is 11.1 Å². The summed E-state index contributed by atoms with van der Waals surface area (Å²) in [5.41, 5.74) is 8.48. The average Bonchev–Trinajstić information content (AvgIpc) is 3.15. The molecule has 1 aliphatic heterocycles. The van der Waals surface area contributed by atoms with Crippen LogP contribution in [-0.2, 0) is 0 Å². The molecule has 0 aliphatic carbocycles. The van der Waals surface area contributed by atoms with E-state index in [2.05, 4.69) is 14.9 Å². The summed E-state index contributed by atoms with van der Waals surface area (Å²) in [5, 5.41) is 2.64. The van der Waals surface area contributed by atoms with Gasteiger partial charge in [0.25, 0.3) is 6.01 Å². The summed E-state index contributed by atoms with van der Waals surface area (Å²) in [6, 6.07) is 8.74. The smallest absolute Gasteiger partial charge is 0.298 e. The highest BCUT2D eigenvalue weighted by Gasteiger charge is 2.31. The lowest BCUT2D eigenvalue weighted by molar-refractivity contribution is 0.554. The van der Waals surface area contributed by atoms with Crippen molar-refractivity contribution in [1.82, 2.24) is 9.97 Å². The second kappa shape index (κ2) is 4.49. The summed E-state index contributed by atoms with van der Waals surface area (Å²) in [4.78, 5) is 11.2. The molecular weight excluding hydrogens is 272 g/mol. The first kappa shape index (κ1) is 11.7. The molecule has 1 saturated heterocycles. The maximum atomic E-state index is 5.87. The Morgan fingerprint density at radius 1 is 1.30 bits per heavy atom. The van der Waals surface area contributed by atoms with Crippen molar-refractivity contribution in [2.24, 2.45) is 0 Å². The number of oxazole rings is 1. The molecule has 0 radical (unpaired) electrons. The van der Waals surface area contributed by atoms with Crippen molar-refractivity contribution in [1.29, 1.82) is 0 Å². The first-order chi connectivity index (χ1) is 9.81. The average molecular weight is 286 g/mol. The van der Waals surface area contributed by atoms with Crippen LogP contribution >= 0.6 is 11.3 Å². The maximum Gasteiger partial charge on any atom is 0.298 e. The minimum absolute atomic E-state index is 0.219. The summed E-state index contributed by atoms with van der Waals surface area (Å²) >= 11 is 1.48. The Bertz CT molecular complexity index is 717. The quantitative estimate of drug-likeness (QED) is 0.783. The number of nitrogens with two attached hydrogens (primary N) is 1. The summed E-state index contributed by atoms with van der Waals surface area (Å²) in [6.45, 7) is 0.939. The Kier molecular flexibility index (Phi) is 2.63. The third kappa shape index (κ3) is 1.84. The lowest BCUT2D eigenvalue weighted by Gasteiger charge is -2.20. The minimum Gasteiger partial charge on any atom is -0.423 e. The van der Waals surface area contributed by atoms with Gasteiger partial charge in [-0.1, -0.05) is 12.1 Å². The zero-order valence-electron chi connectivity index (χ0n) is 10.8. The number of rotatable bonds is 2. The SMILES string of the molecule is Nc1nc([C@H]2CCCN2c2nc3ccccc3o2)cs1. The monoisotopic (exact) mass is 286 g/mol. The van der Waals surface area contributed by atoms with Gasteiger partial charge in [0.05, 0.1) is 11.7 Å². The molecule has 2 N–H and O–H groups in total. The van der Waals surface area contributed by atoms with Gasteiger partial charge < -0.3 is 15.1 Å². The van der Waals surface area contributed by atoms with Gasteiger partial charge in [0.2, 0.25) is 0 Å². The van der Waals surface area contributed by atoms with Gasteiger partial charge in [0, 0.05) is 11.9 Å². The molecule has 3 aromatic rings. The second-order valence-corrected chi connectivity index (χ2v) is 5.82. The zero-order chi connectivity index (χ0) is 13.5. The Morgan fingerprint density at radius 2 is 2.20 bits per heavy atom. The van der Waals surface area contributed by atoms with Crippen LogP contribution in [0.3, 0.4) is 0 Å². The van der Waals surface area contributed by atoms with Crippen molar-refractivity contribution in [2.75, 3.05) is 17.2 Å². The topological polar surface area (TPSA) is 68.2 Å². The van der Waals surface area contributed by atoms with E-state index in [1.165, 1.54) is 11.3 Å². The predicted molar refractivity (Wildman–Crippen MR) is 79.9 cm³/mol. The molecule has 3 heterocycles. The van der Waals surface area contributed by atoms with Gasteiger partial charge in [-0.25, -0.2) is 4.98 Å². The summed E-state index contributed by atoms with van der Waals surface area (Å²) in [6.07, 6.45) is 2.17. The number of nitrogen functional groups attached to an aromatic ring is 1. The number of hydrogen-bond acceptors (Lipinski definition) is 6. The highest BCUT2D eigenvalue weighted by Crippen LogP contribution is 2.37. The fourth-order valence-electron chi connectivity index (χ4n) is 2.74. The van der Waals surface area contributed by atoms with E-state index in [0.717, 1.165) is 36.2 Å². The van der Waals surface area contributed by atoms with Gasteiger partial charge in [-0.05, 0) is 25.0 Å². The largest absolute Gasteiger partial charge is 0.423 e. The Hall–Kier alpha value is -2.08. The molecule has 6 heteroatoms. The van der Waals surface area contributed by atoms with Gasteiger partial charge in [-0.15, -0.1) is 11.3 Å². The zero-order valence-corrected chi connectivity index (χ0v) is 11.6. The van der Waals surface area contributed by atoms with Gasteiger partial charge in [-0.3, -0.25) is 0 Å². The highest BCUT2D eigenvalue weighted by atomic mass is 32.1. The van der Waals surface area contributed by atoms with Crippen molar-refractivity contribution in [2.45, 2.75) is 18.9 Å². The number of hydrogen-bond donors (Lipinski definition) is 1. The lowest BCUT2D eigenvalue weighted by Crippen LogP contribution is -2.23. The summed E-state index contributed by atoms with van der Waals surface area (Å²) < 4.78 is 5.87. The lowest BCUT2D eigenvalue weighted by atomic mass is 10.2. The molecule has 5 nitrogen and oxygen atoms in total. The number of aromatic nitrogens is 2. The number of fused-ring (bicyclic) bond motifs is 1. The van der Waals surface area contributed by atoms with Crippen molar-refractivity contribution < 1.29 is 4.42 Å². The molecule has 102 valence electrons. The van der Waals surface area contributed by atoms with Crippen molar-refractivity contribution in [3.8, 4) is 0 Å². The van der Waals surface area contributed by atoms with E-state index < -0.39 is 0 Å². The molecule has 1 fully saturated rings. The third-order valence-electron chi connectivity index (χ3n) is 3.66. The molecule has 2 aromatic heterocycles. The van der Waals surface area contributed by atoms with Crippen LogP contribution in [-0.4, -0.2) is 16.5 Å². The fourth-order valence-corrected chi connectivity index (χ4v) is 3.35. The first-order valence-corrected chi connectivity index (χ1v) is 7.52. The molecule has 1 aliphatic rings. The van der Waals surface area contributed by atoms with E-state index in [4.69, 9.17) is 10.2 Å². The summed E-state index contributed by atoms with van der Waals surface area (Å²) in [5.74, 6) is 0. The van der Waals surface area contributed by atoms with Crippen molar-refractivity contribution in [3.63, 3.8) is 0 Å². The second-order valence-electron chi connectivity index (χ2n) is 4.93. The maximum absolute atomic E-state index is 5.87. The molecule has 0 unspecified atom stereocenters. The Labute approximate surface area is 120 Å². The molecule has 1 aromatic carbocycles. The molecular formula is C14H14N4OS. The molecule has 4 rings (SSSR count). The molecule has 0 spiro atoms. The molecule has 20 heavy (non-hydrogen) atoms. The van der Waals surface area contributed by atoms with Gasteiger partial charge >= 0.3 is 0 Å². The normalized spacial score (nSPS) is 19.0. The number of para-hydroxylation sites is 2. The molecule has 0 saturated carbocycles. The van der Waals surface area contributed by atoms with Crippen LogP contribution in [0.2, 0.25) is 0 Å². The predicted octanol–water partition coefficient (Wildman–Crippen LogP) is 3.21. The van der Waals surface area contributed by atoms with E-state index in [9.17, 15) is 0 Å². The van der Waals surface area contributed by atoms with Crippen LogP contribution in [0.1, 0.15) is 24.6 Å². The van der Waals surface area contributed by atoms with E-state index in [1.54, 1.807) is 0 Å². The number of thiazole rings is 1. The van der Waals surface area contributed by atoms with Crippen LogP contribution in [0.5, 0.6) is 0 Å². The van der Waals surface area contributed by atoms with E-state index in [1.807, 2.05) is 29.6 Å². The van der Waals surface area contributed by atoms with E-state index >= 15 is 0 Å². The number of benzene rings is 1. The van der Waals surface area contributed by atoms with E-state index in [-0.39, 0.29) is 6.04 Å². The molecule has 1 atom stereocenters. The number of nitrogens with zero attached hydrogens (tertiary/aromatic N) is 3. The Morgan fingerprint density at radius 3 is 3.00 bits per heavy atom. The van der Waals surface area contributed by atoms with Crippen molar-refractivity contribution >= 4 is 33.6 Å². The first-order valence-electron chi connectivity index (χ1n) is 6.64. The number of anilines is 2. The summed E-state index contributed by atoms with van der Waals surface area (Å²) in [7, 11) is 0. The Balaban J connectivity index is 1.72. The minimum atomic E-state index is 0.219. The van der Waals surface area contributed by atoms with Crippen LogP contribution in [0.15, 0.2) is 34.1 Å². The molecule has 0 amide bonds. The van der Waals surface area contributed by atoms with E-state index in [0.29, 0.717) is 11.1 Å². The third-order valence-corrected chi connectivity index (χ3v) is 4.35. The van der Waals surface area contributed by atoms with Crippen LogP contribution < -0.4 is 10.6 Å². The standard InChI is InChI=1S/C14H14N4OS/c15-13-16-10(8-20-13)11-5-3-7-18(11)14-17-9-4-1-2-6-12(9)19-14/h1-2,4,6,8,11H,3,5,7H2,(H2,15,16)/t11-/m1/s1. The van der Waals surface area contributed by atoms with Gasteiger partial charge in [0.15, 0.2) is 10.7 Å². The van der Waals surface area contributed by atoms with Crippen molar-refractivity contribution in [3.05, 3.63) is 35.3 Å².